The fraction of sp³-hybridized carbons (Fsp3) is 0.438. The molecule has 2 aromatic rings. The summed E-state index contributed by atoms with van der Waals surface area (Å²) in [5.41, 5.74) is 2.27. The molecule has 21 heavy (non-hydrogen) atoms. The number of aromatic nitrogens is 2. The highest BCUT2D eigenvalue weighted by atomic mass is 35.5. The lowest BCUT2D eigenvalue weighted by Crippen LogP contribution is -2.35. The van der Waals surface area contributed by atoms with Crippen molar-refractivity contribution in [3.8, 4) is 0 Å². The first-order chi connectivity index (χ1) is 10.3. The second-order valence-electron chi connectivity index (χ2n) is 4.97. The Morgan fingerprint density at radius 3 is 2.62 bits per heavy atom. The molecule has 0 bridgehead atoms. The van der Waals surface area contributed by atoms with Crippen LogP contribution in [0.4, 0.5) is 0 Å². The number of benzene rings is 1. The van der Waals surface area contributed by atoms with E-state index in [1.54, 1.807) is 6.20 Å². The Bertz CT molecular complexity index is 523. The quantitative estimate of drug-likeness (QED) is 0.787. The molecule has 0 saturated carbocycles. The molecule has 2 rings (SSSR count). The second kappa shape index (κ2) is 8.17. The van der Waals surface area contributed by atoms with Crippen molar-refractivity contribution >= 4 is 11.6 Å². The van der Waals surface area contributed by atoms with Crippen LogP contribution in [0, 0.1) is 0 Å². The minimum atomic E-state index is 0.275. The van der Waals surface area contributed by atoms with Crippen LogP contribution in [-0.2, 0) is 6.54 Å². The molecular formula is C16H23ClN4. The molecule has 2 N–H and O–H groups in total. The van der Waals surface area contributed by atoms with Gasteiger partial charge in [-0.3, -0.25) is 10.00 Å². The van der Waals surface area contributed by atoms with Crippen molar-refractivity contribution in [3.63, 3.8) is 0 Å². The van der Waals surface area contributed by atoms with Gasteiger partial charge in [-0.2, -0.15) is 5.10 Å². The summed E-state index contributed by atoms with van der Waals surface area (Å²) in [5.74, 6) is 0. The highest BCUT2D eigenvalue weighted by Gasteiger charge is 2.19. The largest absolute Gasteiger partial charge is 0.309 e. The summed E-state index contributed by atoms with van der Waals surface area (Å²) >= 11 is 6.38. The highest BCUT2D eigenvalue weighted by Crippen LogP contribution is 2.26. The first-order valence-corrected chi connectivity index (χ1v) is 7.81. The van der Waals surface area contributed by atoms with E-state index >= 15 is 0 Å². The van der Waals surface area contributed by atoms with Crippen molar-refractivity contribution < 1.29 is 0 Å². The number of hydrogen-bond acceptors (Lipinski definition) is 3. The zero-order valence-electron chi connectivity index (χ0n) is 12.6. The van der Waals surface area contributed by atoms with Crippen molar-refractivity contribution in [2.24, 2.45) is 0 Å². The molecule has 114 valence electrons. The zero-order valence-corrected chi connectivity index (χ0v) is 13.4. The summed E-state index contributed by atoms with van der Waals surface area (Å²) in [7, 11) is 0. The number of nitrogens with one attached hydrogen (secondary N) is 2. The van der Waals surface area contributed by atoms with Gasteiger partial charge < -0.3 is 5.32 Å². The third-order valence-corrected chi connectivity index (χ3v) is 4.07. The van der Waals surface area contributed by atoms with Crippen LogP contribution in [0.15, 0.2) is 36.5 Å². The molecule has 4 nitrogen and oxygen atoms in total. The fourth-order valence-corrected chi connectivity index (χ4v) is 2.83. The summed E-state index contributed by atoms with van der Waals surface area (Å²) in [4.78, 5) is 2.42. The average Bonchev–Trinajstić information content (AvgIpc) is 3.01. The van der Waals surface area contributed by atoms with Crippen molar-refractivity contribution in [1.82, 2.24) is 20.4 Å². The molecule has 0 saturated heterocycles. The Labute approximate surface area is 131 Å². The van der Waals surface area contributed by atoms with E-state index in [9.17, 15) is 0 Å². The van der Waals surface area contributed by atoms with Crippen LogP contribution in [0.5, 0.6) is 0 Å². The molecule has 0 spiro atoms. The molecule has 0 aliphatic heterocycles. The van der Waals surface area contributed by atoms with Gasteiger partial charge in [0, 0.05) is 36.0 Å². The number of rotatable bonds is 8. The molecule has 1 unspecified atom stereocenters. The third kappa shape index (κ3) is 4.30. The van der Waals surface area contributed by atoms with Crippen molar-refractivity contribution in [2.75, 3.05) is 19.6 Å². The van der Waals surface area contributed by atoms with Gasteiger partial charge in [-0.15, -0.1) is 0 Å². The molecule has 0 amide bonds. The first-order valence-electron chi connectivity index (χ1n) is 7.43. The van der Waals surface area contributed by atoms with E-state index in [1.165, 1.54) is 5.56 Å². The Kier molecular flexibility index (Phi) is 6.23. The van der Waals surface area contributed by atoms with Crippen LogP contribution in [0.2, 0.25) is 5.02 Å². The highest BCUT2D eigenvalue weighted by molar-refractivity contribution is 6.31. The van der Waals surface area contributed by atoms with Crippen molar-refractivity contribution in [3.05, 3.63) is 52.8 Å². The number of aromatic amines is 1. The summed E-state index contributed by atoms with van der Waals surface area (Å²) in [6, 6.07) is 10.4. The summed E-state index contributed by atoms with van der Waals surface area (Å²) in [6.45, 7) is 7.99. The lowest BCUT2D eigenvalue weighted by molar-refractivity contribution is 0.213. The van der Waals surface area contributed by atoms with Crippen molar-refractivity contribution in [2.45, 2.75) is 26.4 Å². The monoisotopic (exact) mass is 306 g/mol. The molecule has 5 heteroatoms. The Balaban J connectivity index is 2.07. The van der Waals surface area contributed by atoms with E-state index in [0.717, 1.165) is 36.9 Å². The van der Waals surface area contributed by atoms with E-state index in [4.69, 9.17) is 11.6 Å². The Hall–Kier alpha value is -1.36. The topological polar surface area (TPSA) is 44.0 Å². The van der Waals surface area contributed by atoms with Gasteiger partial charge in [0.05, 0.1) is 0 Å². The van der Waals surface area contributed by atoms with Crippen LogP contribution in [0.25, 0.3) is 0 Å². The van der Waals surface area contributed by atoms with Crippen LogP contribution in [-0.4, -0.2) is 34.7 Å². The van der Waals surface area contributed by atoms with E-state index in [-0.39, 0.29) is 6.04 Å². The molecule has 1 aromatic heterocycles. The van der Waals surface area contributed by atoms with E-state index in [1.807, 2.05) is 24.3 Å². The van der Waals surface area contributed by atoms with Gasteiger partial charge >= 0.3 is 0 Å². The normalized spacial score (nSPS) is 12.8. The molecular weight excluding hydrogens is 284 g/mol. The van der Waals surface area contributed by atoms with Gasteiger partial charge in [0.25, 0.3) is 0 Å². The number of H-pyrrole nitrogens is 1. The van der Waals surface area contributed by atoms with Crippen LogP contribution in [0.1, 0.15) is 31.1 Å². The SMILES string of the molecule is CCN(CC)C(CNCc1ccn[nH]1)c1ccccc1Cl. The molecule has 0 radical (unpaired) electrons. The van der Waals surface area contributed by atoms with Gasteiger partial charge in [-0.25, -0.2) is 0 Å². The number of likely N-dealkylation sites (N-methyl/N-ethyl adjacent to an activating group) is 1. The van der Waals surface area contributed by atoms with E-state index < -0.39 is 0 Å². The summed E-state index contributed by atoms with van der Waals surface area (Å²) in [5, 5.41) is 11.3. The minimum absolute atomic E-state index is 0.275. The Morgan fingerprint density at radius 2 is 2.00 bits per heavy atom. The summed E-state index contributed by atoms with van der Waals surface area (Å²) < 4.78 is 0. The molecule has 1 heterocycles. The number of hydrogen-bond donors (Lipinski definition) is 2. The van der Waals surface area contributed by atoms with Gasteiger partial charge in [0.1, 0.15) is 0 Å². The second-order valence-corrected chi connectivity index (χ2v) is 5.38. The predicted molar refractivity (Wildman–Crippen MR) is 87.4 cm³/mol. The van der Waals surface area contributed by atoms with Gasteiger partial charge in [0.15, 0.2) is 0 Å². The van der Waals surface area contributed by atoms with Gasteiger partial charge in [0.2, 0.25) is 0 Å². The number of nitrogens with zero attached hydrogens (tertiary/aromatic N) is 2. The maximum absolute atomic E-state index is 6.38. The molecule has 0 aliphatic carbocycles. The van der Waals surface area contributed by atoms with E-state index in [0.29, 0.717) is 0 Å². The third-order valence-electron chi connectivity index (χ3n) is 3.73. The number of halogens is 1. The minimum Gasteiger partial charge on any atom is -0.309 e. The molecule has 0 fully saturated rings. The van der Waals surface area contributed by atoms with Gasteiger partial charge in [-0.05, 0) is 30.8 Å². The molecule has 1 aromatic carbocycles. The lowest BCUT2D eigenvalue weighted by Gasteiger charge is -2.31. The first kappa shape index (κ1) is 16.0. The summed E-state index contributed by atoms with van der Waals surface area (Å²) in [6.07, 6.45) is 1.77. The average molecular weight is 307 g/mol. The zero-order chi connectivity index (χ0) is 15.1. The molecule has 0 aliphatic rings. The predicted octanol–water partition coefficient (Wildman–Crippen LogP) is 3.24. The van der Waals surface area contributed by atoms with Crippen LogP contribution >= 0.6 is 11.6 Å². The smallest absolute Gasteiger partial charge is 0.0490 e. The van der Waals surface area contributed by atoms with E-state index in [2.05, 4.69) is 40.3 Å². The van der Waals surface area contributed by atoms with Gasteiger partial charge in [-0.1, -0.05) is 43.6 Å². The standard InChI is InChI=1S/C16H23ClN4/c1-3-21(4-2)16(14-7-5-6-8-15(14)17)12-18-11-13-9-10-19-20-13/h5-10,16,18H,3-4,11-12H2,1-2H3,(H,19,20). The van der Waals surface area contributed by atoms with Crippen molar-refractivity contribution in [1.29, 1.82) is 0 Å². The Morgan fingerprint density at radius 1 is 1.24 bits per heavy atom. The van der Waals surface area contributed by atoms with Crippen LogP contribution < -0.4 is 5.32 Å². The van der Waals surface area contributed by atoms with Crippen LogP contribution in [0.3, 0.4) is 0 Å². The lowest BCUT2D eigenvalue weighted by atomic mass is 10.0. The fourth-order valence-electron chi connectivity index (χ4n) is 2.57. The maximum atomic E-state index is 6.38. The molecule has 1 atom stereocenters. The maximum Gasteiger partial charge on any atom is 0.0490 e.